The smallest absolute Gasteiger partial charge is 0.0994 e. The van der Waals surface area contributed by atoms with Crippen molar-refractivity contribution in [3.8, 4) is 0 Å². The minimum absolute atomic E-state index is 0.555. The van der Waals surface area contributed by atoms with Gasteiger partial charge in [-0.3, -0.25) is 4.90 Å². The summed E-state index contributed by atoms with van der Waals surface area (Å²) in [6, 6.07) is 10.6. The lowest BCUT2D eigenvalue weighted by Gasteiger charge is -2.39. The van der Waals surface area contributed by atoms with Crippen LogP contribution in [0.5, 0.6) is 0 Å². The van der Waals surface area contributed by atoms with Crippen LogP contribution in [-0.2, 0) is 5.60 Å². The lowest BCUT2D eigenvalue weighted by atomic mass is 9.94. The van der Waals surface area contributed by atoms with Crippen molar-refractivity contribution < 1.29 is 5.11 Å². The Morgan fingerprint density at radius 2 is 2.10 bits per heavy atom. The summed E-state index contributed by atoms with van der Waals surface area (Å²) in [5.74, 6) is 0. The van der Waals surface area contributed by atoms with E-state index in [-0.39, 0.29) is 0 Å². The van der Waals surface area contributed by atoms with Crippen LogP contribution in [0.1, 0.15) is 38.7 Å². The van der Waals surface area contributed by atoms with E-state index in [1.54, 1.807) is 0 Å². The summed E-state index contributed by atoms with van der Waals surface area (Å²) in [6.07, 6.45) is 3.59. The van der Waals surface area contributed by atoms with Gasteiger partial charge in [0.2, 0.25) is 0 Å². The lowest BCUT2D eigenvalue weighted by Crippen LogP contribution is -2.50. The minimum atomic E-state index is -0.784. The highest BCUT2D eigenvalue weighted by atomic mass is 16.3. The van der Waals surface area contributed by atoms with Crippen LogP contribution in [0.3, 0.4) is 0 Å². The molecule has 1 aliphatic rings. The first-order chi connectivity index (χ1) is 9.63. The topological polar surface area (TPSA) is 35.5 Å². The van der Waals surface area contributed by atoms with Crippen LogP contribution in [0.2, 0.25) is 0 Å². The zero-order valence-electron chi connectivity index (χ0n) is 12.8. The SMILES string of the molecule is CCCN(CC(C)(O)c1ccccc1)C1CCCNC1. The van der Waals surface area contributed by atoms with E-state index in [9.17, 15) is 5.11 Å². The lowest BCUT2D eigenvalue weighted by molar-refractivity contribution is -0.00172. The van der Waals surface area contributed by atoms with Crippen molar-refractivity contribution >= 4 is 0 Å². The quantitative estimate of drug-likeness (QED) is 0.837. The third-order valence-electron chi connectivity index (χ3n) is 4.20. The van der Waals surface area contributed by atoms with E-state index in [0.29, 0.717) is 12.6 Å². The first-order valence-corrected chi connectivity index (χ1v) is 7.86. The van der Waals surface area contributed by atoms with Crippen molar-refractivity contribution in [3.05, 3.63) is 35.9 Å². The van der Waals surface area contributed by atoms with Crippen molar-refractivity contribution in [3.63, 3.8) is 0 Å². The van der Waals surface area contributed by atoms with Gasteiger partial charge in [0.25, 0.3) is 0 Å². The zero-order valence-corrected chi connectivity index (χ0v) is 12.8. The van der Waals surface area contributed by atoms with Crippen molar-refractivity contribution in [2.24, 2.45) is 0 Å². The van der Waals surface area contributed by atoms with E-state index in [0.717, 1.165) is 31.6 Å². The zero-order chi connectivity index (χ0) is 14.4. The maximum Gasteiger partial charge on any atom is 0.0994 e. The minimum Gasteiger partial charge on any atom is -0.384 e. The Labute approximate surface area is 123 Å². The van der Waals surface area contributed by atoms with Gasteiger partial charge < -0.3 is 10.4 Å². The van der Waals surface area contributed by atoms with Gasteiger partial charge in [-0.2, -0.15) is 0 Å². The molecule has 1 aromatic carbocycles. The van der Waals surface area contributed by atoms with Crippen LogP contribution in [0, 0.1) is 0 Å². The highest BCUT2D eigenvalue weighted by Crippen LogP contribution is 2.24. The monoisotopic (exact) mass is 276 g/mol. The van der Waals surface area contributed by atoms with Crippen LogP contribution >= 0.6 is 0 Å². The average Bonchev–Trinajstić information content (AvgIpc) is 2.48. The Bertz CT molecular complexity index is 385. The van der Waals surface area contributed by atoms with Gasteiger partial charge in [0.15, 0.2) is 0 Å². The molecule has 2 rings (SSSR count). The molecule has 112 valence electrons. The van der Waals surface area contributed by atoms with Crippen molar-refractivity contribution in [1.82, 2.24) is 10.2 Å². The van der Waals surface area contributed by atoms with Crippen LogP contribution in [0.4, 0.5) is 0 Å². The second-order valence-electron chi connectivity index (χ2n) is 6.11. The van der Waals surface area contributed by atoms with Gasteiger partial charge in [0.05, 0.1) is 5.60 Å². The summed E-state index contributed by atoms with van der Waals surface area (Å²) >= 11 is 0. The average molecular weight is 276 g/mol. The van der Waals surface area contributed by atoms with Gasteiger partial charge in [0, 0.05) is 19.1 Å². The first-order valence-electron chi connectivity index (χ1n) is 7.86. The highest BCUT2D eigenvalue weighted by molar-refractivity contribution is 5.21. The summed E-state index contributed by atoms with van der Waals surface area (Å²) in [5, 5.41) is 14.3. The molecule has 0 aliphatic carbocycles. The molecule has 0 radical (unpaired) electrons. The molecule has 20 heavy (non-hydrogen) atoms. The fourth-order valence-electron chi connectivity index (χ4n) is 3.11. The summed E-state index contributed by atoms with van der Waals surface area (Å²) in [5.41, 5.74) is 0.221. The summed E-state index contributed by atoms with van der Waals surface area (Å²) in [7, 11) is 0. The maximum absolute atomic E-state index is 10.9. The Morgan fingerprint density at radius 3 is 2.70 bits per heavy atom. The maximum atomic E-state index is 10.9. The van der Waals surface area contributed by atoms with Crippen molar-refractivity contribution in [2.45, 2.75) is 44.8 Å². The molecular formula is C17H28N2O. The van der Waals surface area contributed by atoms with Crippen molar-refractivity contribution in [1.29, 1.82) is 0 Å². The highest BCUT2D eigenvalue weighted by Gasteiger charge is 2.29. The molecule has 2 N–H and O–H groups in total. The Hall–Kier alpha value is -0.900. The van der Waals surface area contributed by atoms with Gasteiger partial charge >= 0.3 is 0 Å². The molecule has 0 bridgehead atoms. The molecule has 2 atom stereocenters. The Morgan fingerprint density at radius 1 is 1.35 bits per heavy atom. The second-order valence-corrected chi connectivity index (χ2v) is 6.11. The second kappa shape index (κ2) is 7.21. The number of hydrogen-bond acceptors (Lipinski definition) is 3. The van der Waals surface area contributed by atoms with E-state index >= 15 is 0 Å². The molecular weight excluding hydrogens is 248 g/mol. The molecule has 1 aliphatic heterocycles. The van der Waals surface area contributed by atoms with E-state index in [1.807, 2.05) is 37.3 Å². The van der Waals surface area contributed by atoms with Crippen LogP contribution < -0.4 is 5.32 Å². The largest absolute Gasteiger partial charge is 0.384 e. The first kappa shape index (κ1) is 15.5. The number of nitrogens with zero attached hydrogens (tertiary/aromatic N) is 1. The molecule has 1 fully saturated rings. The van der Waals surface area contributed by atoms with E-state index < -0.39 is 5.60 Å². The third kappa shape index (κ3) is 4.05. The van der Waals surface area contributed by atoms with Gasteiger partial charge in [-0.25, -0.2) is 0 Å². The standard InChI is InChI=1S/C17H28N2O/c1-3-12-19(16-10-7-11-18-13-16)14-17(2,20)15-8-5-4-6-9-15/h4-6,8-9,16,18,20H,3,7,10-14H2,1-2H3. The molecule has 0 saturated carbocycles. The third-order valence-corrected chi connectivity index (χ3v) is 4.20. The van der Waals surface area contributed by atoms with E-state index in [4.69, 9.17) is 0 Å². The van der Waals surface area contributed by atoms with Crippen molar-refractivity contribution in [2.75, 3.05) is 26.2 Å². The van der Waals surface area contributed by atoms with Gasteiger partial charge in [-0.15, -0.1) is 0 Å². The summed E-state index contributed by atoms with van der Waals surface area (Å²) in [6.45, 7) is 8.07. The predicted octanol–water partition coefficient (Wildman–Crippen LogP) is 2.36. The number of aliphatic hydroxyl groups is 1. The van der Waals surface area contributed by atoms with E-state index in [1.165, 1.54) is 12.8 Å². The summed E-state index contributed by atoms with van der Waals surface area (Å²) in [4.78, 5) is 2.46. The number of nitrogens with one attached hydrogen (secondary N) is 1. The number of rotatable bonds is 6. The van der Waals surface area contributed by atoms with Crippen LogP contribution in [0.15, 0.2) is 30.3 Å². The number of hydrogen-bond donors (Lipinski definition) is 2. The Balaban J connectivity index is 2.06. The Kier molecular flexibility index (Phi) is 5.58. The molecule has 1 heterocycles. The van der Waals surface area contributed by atoms with Gasteiger partial charge in [-0.1, -0.05) is 37.3 Å². The summed E-state index contributed by atoms with van der Waals surface area (Å²) < 4.78 is 0. The molecule has 0 amide bonds. The molecule has 2 unspecified atom stereocenters. The normalized spacial score (nSPS) is 22.7. The molecule has 3 nitrogen and oxygen atoms in total. The molecule has 3 heteroatoms. The predicted molar refractivity (Wildman–Crippen MR) is 83.8 cm³/mol. The molecule has 0 aromatic heterocycles. The molecule has 0 spiro atoms. The number of benzene rings is 1. The molecule has 1 aromatic rings. The fraction of sp³-hybridized carbons (Fsp3) is 0.647. The van der Waals surface area contributed by atoms with Crippen LogP contribution in [0.25, 0.3) is 0 Å². The van der Waals surface area contributed by atoms with Gasteiger partial charge in [0.1, 0.15) is 0 Å². The van der Waals surface area contributed by atoms with Crippen LogP contribution in [-0.4, -0.2) is 42.2 Å². The fourth-order valence-corrected chi connectivity index (χ4v) is 3.11. The molecule has 1 saturated heterocycles. The number of piperidine rings is 1. The van der Waals surface area contributed by atoms with E-state index in [2.05, 4.69) is 17.1 Å². The van der Waals surface area contributed by atoms with Gasteiger partial charge in [-0.05, 0) is 44.8 Å².